The van der Waals surface area contributed by atoms with Crippen LogP contribution in [0.2, 0.25) is 5.02 Å². The Morgan fingerprint density at radius 1 is 1.38 bits per heavy atom. The molecule has 0 aliphatic carbocycles. The van der Waals surface area contributed by atoms with Gasteiger partial charge < -0.3 is 5.32 Å². The molecule has 0 aliphatic rings. The van der Waals surface area contributed by atoms with E-state index >= 15 is 0 Å². The third kappa shape index (κ3) is 3.68. The average molecular weight is 262 g/mol. The number of unbranched alkanes of at least 4 members (excludes halogenated alkanes) is 1. The molecule has 0 saturated carbocycles. The number of hydrogen-bond donors (Lipinski definition) is 1. The molecule has 0 atom stereocenters. The van der Waals surface area contributed by atoms with E-state index in [0.717, 1.165) is 19.4 Å². The Morgan fingerprint density at radius 3 is 2.62 bits per heavy atom. The van der Waals surface area contributed by atoms with Crippen LogP contribution in [0.5, 0.6) is 0 Å². The Bertz CT molecular complexity index is 457. The lowest BCUT2D eigenvalue weighted by Gasteiger charge is -2.09. The van der Waals surface area contributed by atoms with Crippen molar-refractivity contribution in [3.05, 3.63) is 23.2 Å². The fourth-order valence-corrected chi connectivity index (χ4v) is 2.10. The summed E-state index contributed by atoms with van der Waals surface area (Å²) < 4.78 is 22.7. The van der Waals surface area contributed by atoms with Crippen LogP contribution in [0.3, 0.4) is 0 Å². The van der Waals surface area contributed by atoms with Gasteiger partial charge >= 0.3 is 0 Å². The van der Waals surface area contributed by atoms with Crippen LogP contribution in [0.15, 0.2) is 23.1 Å². The normalized spacial score (nSPS) is 11.4. The molecule has 5 heteroatoms. The molecule has 0 fully saturated rings. The van der Waals surface area contributed by atoms with Crippen molar-refractivity contribution in [1.29, 1.82) is 0 Å². The lowest BCUT2D eigenvalue weighted by Crippen LogP contribution is -2.03. The van der Waals surface area contributed by atoms with E-state index in [1.165, 1.54) is 12.3 Å². The predicted molar refractivity (Wildman–Crippen MR) is 68.0 cm³/mol. The van der Waals surface area contributed by atoms with Crippen LogP contribution in [-0.4, -0.2) is 21.2 Å². The zero-order chi connectivity index (χ0) is 12.2. The molecule has 1 aromatic carbocycles. The van der Waals surface area contributed by atoms with E-state index in [2.05, 4.69) is 12.2 Å². The summed E-state index contributed by atoms with van der Waals surface area (Å²) in [5.41, 5.74) is 0.679. The minimum atomic E-state index is -3.17. The molecule has 1 N–H and O–H groups in total. The van der Waals surface area contributed by atoms with Gasteiger partial charge in [-0.05, 0) is 24.6 Å². The van der Waals surface area contributed by atoms with Crippen LogP contribution in [-0.2, 0) is 9.84 Å². The average Bonchev–Trinajstić information content (AvgIpc) is 2.19. The third-order valence-corrected chi connectivity index (χ3v) is 3.65. The molecule has 0 radical (unpaired) electrons. The molecule has 0 unspecified atom stereocenters. The molecule has 0 aliphatic heterocycles. The van der Waals surface area contributed by atoms with Gasteiger partial charge in [0, 0.05) is 12.8 Å². The van der Waals surface area contributed by atoms with Crippen molar-refractivity contribution in [3.8, 4) is 0 Å². The summed E-state index contributed by atoms with van der Waals surface area (Å²) in [6.45, 7) is 2.89. The van der Waals surface area contributed by atoms with Gasteiger partial charge in [-0.3, -0.25) is 0 Å². The third-order valence-electron chi connectivity index (χ3n) is 2.21. The van der Waals surface area contributed by atoms with Gasteiger partial charge in [0.2, 0.25) is 0 Å². The van der Waals surface area contributed by atoms with E-state index in [1.807, 2.05) is 0 Å². The number of anilines is 1. The SMILES string of the molecule is CCCCNc1cc(S(C)(=O)=O)ccc1Cl. The maximum atomic E-state index is 11.4. The number of sulfone groups is 1. The first-order valence-corrected chi connectivity index (χ1v) is 7.45. The monoisotopic (exact) mass is 261 g/mol. The Morgan fingerprint density at radius 2 is 2.06 bits per heavy atom. The molecule has 0 bridgehead atoms. The quantitative estimate of drug-likeness (QED) is 0.829. The molecule has 0 aromatic heterocycles. The highest BCUT2D eigenvalue weighted by Crippen LogP contribution is 2.25. The molecule has 16 heavy (non-hydrogen) atoms. The van der Waals surface area contributed by atoms with Gasteiger partial charge in [-0.15, -0.1) is 0 Å². The summed E-state index contributed by atoms with van der Waals surface area (Å²) >= 11 is 5.97. The Kier molecular flexibility index (Phi) is 4.62. The first-order chi connectivity index (χ1) is 7.45. The van der Waals surface area contributed by atoms with Crippen LogP contribution in [0, 0.1) is 0 Å². The van der Waals surface area contributed by atoms with Crippen LogP contribution in [0.4, 0.5) is 5.69 Å². The van der Waals surface area contributed by atoms with Gasteiger partial charge in [0.1, 0.15) is 0 Å². The highest BCUT2D eigenvalue weighted by atomic mass is 35.5. The first kappa shape index (κ1) is 13.3. The highest BCUT2D eigenvalue weighted by molar-refractivity contribution is 7.90. The van der Waals surface area contributed by atoms with Gasteiger partial charge in [0.25, 0.3) is 0 Å². The van der Waals surface area contributed by atoms with Crippen molar-refractivity contribution in [2.45, 2.75) is 24.7 Å². The lowest BCUT2D eigenvalue weighted by atomic mass is 10.3. The second-order valence-electron chi connectivity index (χ2n) is 3.69. The van der Waals surface area contributed by atoms with Crippen molar-refractivity contribution in [2.75, 3.05) is 18.1 Å². The molecular weight excluding hydrogens is 246 g/mol. The fourth-order valence-electron chi connectivity index (χ4n) is 1.27. The topological polar surface area (TPSA) is 46.2 Å². The zero-order valence-corrected chi connectivity index (χ0v) is 11.0. The first-order valence-electron chi connectivity index (χ1n) is 5.18. The number of benzene rings is 1. The standard InChI is InChI=1S/C11H16ClNO2S/c1-3-4-7-13-11-8-9(16(2,14)15)5-6-10(11)12/h5-6,8,13H,3-4,7H2,1-2H3. The second kappa shape index (κ2) is 5.55. The molecule has 3 nitrogen and oxygen atoms in total. The lowest BCUT2D eigenvalue weighted by molar-refractivity contribution is 0.602. The van der Waals surface area contributed by atoms with E-state index in [4.69, 9.17) is 11.6 Å². The summed E-state index contributed by atoms with van der Waals surface area (Å²) in [4.78, 5) is 0.288. The molecule has 0 heterocycles. The molecule has 0 spiro atoms. The van der Waals surface area contributed by atoms with Crippen LogP contribution in [0.1, 0.15) is 19.8 Å². The molecular formula is C11H16ClNO2S. The number of nitrogens with one attached hydrogen (secondary N) is 1. The maximum absolute atomic E-state index is 11.4. The van der Waals surface area contributed by atoms with E-state index in [0.29, 0.717) is 10.7 Å². The van der Waals surface area contributed by atoms with Gasteiger partial charge in [-0.25, -0.2) is 8.42 Å². The number of hydrogen-bond acceptors (Lipinski definition) is 3. The fraction of sp³-hybridized carbons (Fsp3) is 0.455. The summed E-state index contributed by atoms with van der Waals surface area (Å²) in [5.74, 6) is 0. The highest BCUT2D eigenvalue weighted by Gasteiger charge is 2.09. The van der Waals surface area contributed by atoms with Crippen molar-refractivity contribution < 1.29 is 8.42 Å². The van der Waals surface area contributed by atoms with Gasteiger partial charge in [-0.1, -0.05) is 24.9 Å². The summed E-state index contributed by atoms with van der Waals surface area (Å²) in [6, 6.07) is 4.70. The van der Waals surface area contributed by atoms with Crippen molar-refractivity contribution in [1.82, 2.24) is 0 Å². The number of halogens is 1. The molecule has 90 valence electrons. The Balaban J connectivity index is 2.91. The summed E-state index contributed by atoms with van der Waals surface area (Å²) in [7, 11) is -3.17. The van der Waals surface area contributed by atoms with Gasteiger partial charge in [0.15, 0.2) is 9.84 Å². The van der Waals surface area contributed by atoms with Gasteiger partial charge in [0.05, 0.1) is 15.6 Å². The molecule has 1 rings (SSSR count). The van der Waals surface area contributed by atoms with E-state index in [9.17, 15) is 8.42 Å². The smallest absolute Gasteiger partial charge is 0.175 e. The van der Waals surface area contributed by atoms with Crippen LogP contribution >= 0.6 is 11.6 Å². The number of rotatable bonds is 5. The van der Waals surface area contributed by atoms with Crippen molar-refractivity contribution in [3.63, 3.8) is 0 Å². The van der Waals surface area contributed by atoms with E-state index in [-0.39, 0.29) is 4.90 Å². The zero-order valence-electron chi connectivity index (χ0n) is 9.46. The van der Waals surface area contributed by atoms with E-state index in [1.54, 1.807) is 12.1 Å². The summed E-state index contributed by atoms with van der Waals surface area (Å²) in [6.07, 6.45) is 3.29. The Labute approximate surface area is 102 Å². The minimum Gasteiger partial charge on any atom is -0.384 e. The molecule has 0 amide bonds. The largest absolute Gasteiger partial charge is 0.384 e. The van der Waals surface area contributed by atoms with E-state index < -0.39 is 9.84 Å². The summed E-state index contributed by atoms with van der Waals surface area (Å²) in [5, 5.41) is 3.67. The molecule has 0 saturated heterocycles. The Hall–Kier alpha value is -0.740. The predicted octanol–water partition coefficient (Wildman–Crippen LogP) is 2.96. The van der Waals surface area contributed by atoms with Crippen LogP contribution in [0.25, 0.3) is 0 Å². The van der Waals surface area contributed by atoms with Crippen molar-refractivity contribution >= 4 is 27.1 Å². The van der Waals surface area contributed by atoms with Gasteiger partial charge in [-0.2, -0.15) is 0 Å². The minimum absolute atomic E-state index is 0.288. The van der Waals surface area contributed by atoms with Crippen LogP contribution < -0.4 is 5.32 Å². The maximum Gasteiger partial charge on any atom is 0.175 e. The molecule has 1 aromatic rings. The van der Waals surface area contributed by atoms with Crippen molar-refractivity contribution in [2.24, 2.45) is 0 Å². The second-order valence-corrected chi connectivity index (χ2v) is 6.12.